The van der Waals surface area contributed by atoms with E-state index in [0.29, 0.717) is 19.7 Å². The largest absolute Gasteiger partial charge is 0.480 e. The van der Waals surface area contributed by atoms with Gasteiger partial charge in [-0.2, -0.15) is 5.10 Å². The monoisotopic (exact) mass is 475 g/mol. The molecule has 8 heteroatoms. The van der Waals surface area contributed by atoms with Crippen LogP contribution in [0, 0.1) is 0 Å². The third-order valence-electron chi connectivity index (χ3n) is 6.84. The van der Waals surface area contributed by atoms with Gasteiger partial charge >= 0.3 is 5.97 Å². The van der Waals surface area contributed by atoms with Crippen molar-refractivity contribution < 1.29 is 14.6 Å². The summed E-state index contributed by atoms with van der Waals surface area (Å²) in [5, 5.41) is 17.7. The molecule has 2 N–H and O–H groups in total. The maximum Gasteiger partial charge on any atom is 0.325 e. The predicted molar refractivity (Wildman–Crippen MR) is 134 cm³/mol. The third-order valence-corrected chi connectivity index (χ3v) is 6.84. The molecule has 1 unspecified atom stereocenters. The van der Waals surface area contributed by atoms with Gasteiger partial charge in [0.25, 0.3) is 0 Å². The number of ether oxygens (including phenoxy) is 1. The van der Waals surface area contributed by atoms with Crippen molar-refractivity contribution in [2.75, 3.05) is 31.6 Å². The van der Waals surface area contributed by atoms with E-state index in [4.69, 9.17) is 9.72 Å². The molecule has 0 amide bonds. The zero-order valence-corrected chi connectivity index (χ0v) is 20.0. The van der Waals surface area contributed by atoms with Gasteiger partial charge in [0.15, 0.2) is 0 Å². The van der Waals surface area contributed by atoms with E-state index in [0.717, 1.165) is 61.4 Å². The fraction of sp³-hybridized carbons (Fsp3) is 0.444. The van der Waals surface area contributed by atoms with Crippen LogP contribution in [0.15, 0.2) is 54.9 Å². The van der Waals surface area contributed by atoms with Crippen LogP contribution < -0.4 is 5.32 Å². The number of nitrogens with one attached hydrogen (secondary N) is 1. The standard InChI is InChI=1S/C27H33N5O3/c33-27(34)25(23-10-3-4-11-24(23)32-16-7-15-29-32)31-18-22(19-31)35-17-5-1-2-9-21-13-12-20-8-6-14-28-26(20)30-21/h3-4,7,10-13,15-16,22,25H,1-2,5-6,8-9,14,17-19H2,(H,28,30)(H,33,34). The Balaban J connectivity index is 1.05. The number of carbonyl (C=O) groups is 1. The molecule has 0 spiro atoms. The van der Waals surface area contributed by atoms with Gasteiger partial charge in [-0.15, -0.1) is 0 Å². The lowest BCUT2D eigenvalue weighted by molar-refractivity contribution is -0.150. The van der Waals surface area contributed by atoms with Crippen LogP contribution in [0.2, 0.25) is 0 Å². The second-order valence-corrected chi connectivity index (χ2v) is 9.35. The number of hydrogen-bond acceptors (Lipinski definition) is 6. The SMILES string of the molecule is O=C(O)C(c1ccccc1-n1cccn1)N1CC(OCCCCCc2ccc3c(n2)NCCC3)C1. The summed E-state index contributed by atoms with van der Waals surface area (Å²) in [5.41, 5.74) is 4.02. The number of para-hydroxylation sites is 1. The maximum absolute atomic E-state index is 12.2. The van der Waals surface area contributed by atoms with Gasteiger partial charge in [0.1, 0.15) is 11.9 Å². The molecular formula is C27H33N5O3. The number of aryl methyl sites for hydroxylation is 2. The second kappa shape index (κ2) is 11.0. The third kappa shape index (κ3) is 5.55. The van der Waals surface area contributed by atoms with Crippen LogP contribution in [0.3, 0.4) is 0 Å². The molecule has 0 saturated carbocycles. The molecule has 2 aliphatic heterocycles. The topological polar surface area (TPSA) is 92.5 Å². The summed E-state index contributed by atoms with van der Waals surface area (Å²) in [6.45, 7) is 2.97. The van der Waals surface area contributed by atoms with Crippen LogP contribution in [0.4, 0.5) is 5.82 Å². The van der Waals surface area contributed by atoms with E-state index in [1.54, 1.807) is 10.9 Å². The van der Waals surface area contributed by atoms with Gasteiger partial charge in [0.2, 0.25) is 0 Å². The molecule has 0 bridgehead atoms. The molecule has 1 fully saturated rings. The Kier molecular flexibility index (Phi) is 7.39. The highest BCUT2D eigenvalue weighted by atomic mass is 16.5. The Hall–Kier alpha value is -3.23. The number of pyridine rings is 1. The summed E-state index contributed by atoms with van der Waals surface area (Å²) in [5.74, 6) is 0.215. The number of fused-ring (bicyclic) bond motifs is 1. The Morgan fingerprint density at radius 1 is 1.14 bits per heavy atom. The Morgan fingerprint density at radius 2 is 2.03 bits per heavy atom. The van der Waals surface area contributed by atoms with Gasteiger partial charge in [-0.25, -0.2) is 9.67 Å². The predicted octanol–water partition coefficient (Wildman–Crippen LogP) is 3.86. The van der Waals surface area contributed by atoms with Crippen molar-refractivity contribution in [3.8, 4) is 5.69 Å². The Labute approximate surface area is 205 Å². The lowest BCUT2D eigenvalue weighted by atomic mass is 9.98. The minimum atomic E-state index is -0.853. The lowest BCUT2D eigenvalue weighted by Crippen LogP contribution is -2.55. The molecule has 8 nitrogen and oxygen atoms in total. The van der Waals surface area contributed by atoms with E-state index in [2.05, 4.69) is 22.5 Å². The summed E-state index contributed by atoms with van der Waals surface area (Å²) in [7, 11) is 0. The van der Waals surface area contributed by atoms with Gasteiger partial charge in [-0.3, -0.25) is 9.69 Å². The zero-order chi connectivity index (χ0) is 24.0. The van der Waals surface area contributed by atoms with Gasteiger partial charge < -0.3 is 15.2 Å². The highest BCUT2D eigenvalue weighted by Crippen LogP contribution is 2.31. The number of benzene rings is 1. The molecule has 184 valence electrons. The number of hydrogen-bond donors (Lipinski definition) is 2. The molecule has 0 radical (unpaired) electrons. The lowest BCUT2D eigenvalue weighted by Gasteiger charge is -2.42. The molecular weight excluding hydrogens is 442 g/mol. The average molecular weight is 476 g/mol. The van der Waals surface area contributed by atoms with Gasteiger partial charge in [-0.05, 0) is 55.9 Å². The first-order valence-electron chi connectivity index (χ1n) is 12.6. The van der Waals surface area contributed by atoms with E-state index < -0.39 is 12.0 Å². The van der Waals surface area contributed by atoms with E-state index >= 15 is 0 Å². The van der Waals surface area contributed by atoms with E-state index in [1.165, 1.54) is 12.0 Å². The number of unbranched alkanes of at least 4 members (excludes halogenated alkanes) is 2. The first-order chi connectivity index (χ1) is 17.2. The number of aliphatic carboxylic acids is 1. The van der Waals surface area contributed by atoms with Gasteiger partial charge in [0.05, 0.1) is 11.8 Å². The van der Waals surface area contributed by atoms with Crippen LogP contribution in [-0.2, 0) is 22.4 Å². The normalized spacial score (nSPS) is 16.8. The molecule has 35 heavy (non-hydrogen) atoms. The fourth-order valence-electron chi connectivity index (χ4n) is 4.95. The first-order valence-corrected chi connectivity index (χ1v) is 12.6. The Bertz CT molecular complexity index is 1130. The van der Waals surface area contributed by atoms with Crippen molar-refractivity contribution in [1.29, 1.82) is 0 Å². The van der Waals surface area contributed by atoms with E-state index in [1.807, 2.05) is 41.4 Å². The molecule has 2 aromatic heterocycles. The van der Waals surface area contributed by atoms with Crippen molar-refractivity contribution in [3.63, 3.8) is 0 Å². The molecule has 0 aliphatic carbocycles. The smallest absolute Gasteiger partial charge is 0.325 e. The van der Waals surface area contributed by atoms with Gasteiger partial charge in [0, 0.05) is 49.9 Å². The summed E-state index contributed by atoms with van der Waals surface area (Å²) >= 11 is 0. The summed E-state index contributed by atoms with van der Waals surface area (Å²) in [6.07, 6.45) is 10.1. The van der Waals surface area contributed by atoms with E-state index in [-0.39, 0.29) is 6.10 Å². The molecule has 1 atom stereocenters. The number of anilines is 1. The van der Waals surface area contributed by atoms with Crippen molar-refractivity contribution in [1.82, 2.24) is 19.7 Å². The fourth-order valence-corrected chi connectivity index (χ4v) is 4.95. The average Bonchev–Trinajstić information content (AvgIpc) is 3.39. The highest BCUT2D eigenvalue weighted by molar-refractivity contribution is 5.77. The molecule has 1 saturated heterocycles. The zero-order valence-electron chi connectivity index (χ0n) is 20.0. The van der Waals surface area contributed by atoms with Crippen molar-refractivity contribution in [2.24, 2.45) is 0 Å². The Morgan fingerprint density at radius 3 is 2.86 bits per heavy atom. The number of carboxylic acid groups (broad SMARTS) is 1. The first kappa shape index (κ1) is 23.5. The summed E-state index contributed by atoms with van der Waals surface area (Å²) < 4.78 is 7.74. The number of carboxylic acids is 1. The number of rotatable bonds is 11. The quantitative estimate of drug-likeness (QED) is 0.407. The van der Waals surface area contributed by atoms with E-state index in [9.17, 15) is 9.90 Å². The molecule has 5 rings (SSSR count). The minimum absolute atomic E-state index is 0.0853. The molecule has 3 aromatic rings. The molecule has 1 aromatic carbocycles. The summed E-state index contributed by atoms with van der Waals surface area (Å²) in [6, 6.07) is 13.1. The van der Waals surface area contributed by atoms with Crippen LogP contribution in [0.25, 0.3) is 5.69 Å². The van der Waals surface area contributed by atoms with Crippen LogP contribution in [0.5, 0.6) is 0 Å². The maximum atomic E-state index is 12.2. The van der Waals surface area contributed by atoms with Crippen molar-refractivity contribution in [3.05, 3.63) is 71.7 Å². The number of nitrogens with zero attached hydrogens (tertiary/aromatic N) is 4. The van der Waals surface area contributed by atoms with Gasteiger partial charge in [-0.1, -0.05) is 30.7 Å². The van der Waals surface area contributed by atoms with Crippen LogP contribution in [0.1, 0.15) is 48.5 Å². The van der Waals surface area contributed by atoms with Crippen molar-refractivity contribution in [2.45, 2.75) is 50.7 Å². The molecule has 4 heterocycles. The highest BCUT2D eigenvalue weighted by Gasteiger charge is 2.38. The number of likely N-dealkylation sites (tertiary alicyclic amines) is 1. The molecule has 2 aliphatic rings. The number of aromatic nitrogens is 3. The van der Waals surface area contributed by atoms with Crippen LogP contribution >= 0.6 is 0 Å². The second-order valence-electron chi connectivity index (χ2n) is 9.35. The minimum Gasteiger partial charge on any atom is -0.480 e. The summed E-state index contributed by atoms with van der Waals surface area (Å²) in [4.78, 5) is 18.9. The van der Waals surface area contributed by atoms with Crippen LogP contribution in [-0.4, -0.2) is 63.1 Å². The van der Waals surface area contributed by atoms with Crippen molar-refractivity contribution >= 4 is 11.8 Å².